The fraction of sp³-hybridized carbons (Fsp3) is 0.600. The lowest BCUT2D eigenvalue weighted by atomic mass is 10.1. The molecule has 1 aromatic heterocycles. The van der Waals surface area contributed by atoms with Gasteiger partial charge in [-0.25, -0.2) is 4.79 Å². The number of nitrogens with zero attached hydrogens (tertiary/aromatic N) is 2. The summed E-state index contributed by atoms with van der Waals surface area (Å²) in [7, 11) is 2.14. The lowest BCUT2D eigenvalue weighted by Crippen LogP contribution is -2.31. The number of rotatable bonds is 4. The minimum Gasteiger partial charge on any atom is -0.478 e. The topological polar surface area (TPSA) is 53.4 Å². The second-order valence-electron chi connectivity index (χ2n) is 5.40. The zero-order valence-corrected chi connectivity index (χ0v) is 11.5. The van der Waals surface area contributed by atoms with Crippen LogP contribution in [0.1, 0.15) is 54.6 Å². The van der Waals surface area contributed by atoms with E-state index in [4.69, 9.17) is 5.11 Å². The Morgan fingerprint density at radius 3 is 2.53 bits per heavy atom. The van der Waals surface area contributed by atoms with E-state index in [-0.39, 0.29) is 5.56 Å². The van der Waals surface area contributed by atoms with Gasteiger partial charge in [0.25, 0.3) is 0 Å². The molecule has 0 saturated heterocycles. The molecule has 104 valence electrons. The van der Waals surface area contributed by atoms with E-state index >= 15 is 0 Å². The number of aromatic carboxylic acids is 1. The van der Waals surface area contributed by atoms with Gasteiger partial charge in [0.2, 0.25) is 0 Å². The van der Waals surface area contributed by atoms with Crippen molar-refractivity contribution in [1.29, 1.82) is 0 Å². The maximum Gasteiger partial charge on any atom is 0.337 e. The molecule has 0 bridgehead atoms. The molecule has 1 aromatic rings. The number of carboxylic acid groups (broad SMARTS) is 1. The van der Waals surface area contributed by atoms with Gasteiger partial charge in [-0.1, -0.05) is 25.7 Å². The van der Waals surface area contributed by atoms with Crippen LogP contribution in [0.3, 0.4) is 0 Å². The third-order valence-corrected chi connectivity index (χ3v) is 3.93. The molecular weight excluding hydrogens is 240 g/mol. The minimum atomic E-state index is -0.920. The summed E-state index contributed by atoms with van der Waals surface area (Å²) in [6.07, 6.45) is 9.33. The number of pyridine rings is 1. The first kappa shape index (κ1) is 14.0. The van der Waals surface area contributed by atoms with Crippen molar-refractivity contribution in [3.63, 3.8) is 0 Å². The zero-order chi connectivity index (χ0) is 13.7. The van der Waals surface area contributed by atoms with Crippen molar-refractivity contribution in [3.8, 4) is 0 Å². The summed E-state index contributed by atoms with van der Waals surface area (Å²) in [5, 5.41) is 8.84. The molecule has 4 nitrogen and oxygen atoms in total. The van der Waals surface area contributed by atoms with Crippen LogP contribution in [-0.2, 0) is 6.54 Å². The van der Waals surface area contributed by atoms with Crippen molar-refractivity contribution < 1.29 is 9.90 Å². The lowest BCUT2D eigenvalue weighted by molar-refractivity contribution is 0.0696. The minimum absolute atomic E-state index is 0.251. The molecule has 2 rings (SSSR count). The molecular formula is C15H22N2O2. The van der Waals surface area contributed by atoms with E-state index in [0.29, 0.717) is 6.04 Å². The lowest BCUT2D eigenvalue weighted by Gasteiger charge is -2.26. The van der Waals surface area contributed by atoms with Crippen molar-refractivity contribution >= 4 is 5.97 Å². The summed E-state index contributed by atoms with van der Waals surface area (Å²) in [5.74, 6) is -0.920. The molecule has 1 fully saturated rings. The molecule has 0 spiro atoms. The van der Waals surface area contributed by atoms with Gasteiger partial charge in [0, 0.05) is 18.8 Å². The first-order valence-electron chi connectivity index (χ1n) is 7.05. The number of aromatic nitrogens is 1. The predicted octanol–water partition coefficient (Wildman–Crippen LogP) is 2.93. The van der Waals surface area contributed by atoms with E-state index in [0.717, 1.165) is 12.2 Å². The second kappa shape index (κ2) is 6.66. The Bertz CT molecular complexity index is 409. The van der Waals surface area contributed by atoms with Gasteiger partial charge in [-0.3, -0.25) is 9.88 Å². The number of carboxylic acids is 1. The van der Waals surface area contributed by atoms with Crippen LogP contribution in [0.2, 0.25) is 0 Å². The Hall–Kier alpha value is -1.42. The van der Waals surface area contributed by atoms with Gasteiger partial charge in [0.05, 0.1) is 11.3 Å². The number of carbonyl (C=O) groups is 1. The third-order valence-electron chi connectivity index (χ3n) is 3.93. The summed E-state index contributed by atoms with van der Waals surface area (Å²) in [5.41, 5.74) is 1.19. The van der Waals surface area contributed by atoms with Crippen LogP contribution in [-0.4, -0.2) is 34.0 Å². The Morgan fingerprint density at radius 1 is 1.32 bits per heavy atom. The summed E-state index contributed by atoms with van der Waals surface area (Å²) in [6.45, 7) is 0.796. The molecule has 0 amide bonds. The van der Waals surface area contributed by atoms with Gasteiger partial charge in [-0.2, -0.15) is 0 Å². The highest BCUT2D eigenvalue weighted by atomic mass is 16.4. The summed E-state index contributed by atoms with van der Waals surface area (Å²) >= 11 is 0. The molecule has 0 atom stereocenters. The third kappa shape index (κ3) is 4.03. The average molecular weight is 262 g/mol. The van der Waals surface area contributed by atoms with Crippen molar-refractivity contribution in [2.45, 2.75) is 51.1 Å². The van der Waals surface area contributed by atoms with Crippen molar-refractivity contribution in [1.82, 2.24) is 9.88 Å². The van der Waals surface area contributed by atoms with E-state index in [2.05, 4.69) is 16.9 Å². The fourth-order valence-electron chi connectivity index (χ4n) is 2.73. The molecule has 0 unspecified atom stereocenters. The fourth-order valence-corrected chi connectivity index (χ4v) is 2.73. The second-order valence-corrected chi connectivity index (χ2v) is 5.40. The normalized spacial score (nSPS) is 17.4. The smallest absolute Gasteiger partial charge is 0.337 e. The van der Waals surface area contributed by atoms with Gasteiger partial charge in [-0.15, -0.1) is 0 Å². The monoisotopic (exact) mass is 262 g/mol. The molecule has 1 aliphatic rings. The van der Waals surface area contributed by atoms with Crippen LogP contribution in [0, 0.1) is 0 Å². The zero-order valence-electron chi connectivity index (χ0n) is 11.5. The molecule has 0 aromatic carbocycles. The molecule has 1 N–H and O–H groups in total. The highest BCUT2D eigenvalue weighted by Crippen LogP contribution is 2.21. The summed E-state index contributed by atoms with van der Waals surface area (Å²) in [4.78, 5) is 17.4. The Labute approximate surface area is 114 Å². The van der Waals surface area contributed by atoms with Crippen molar-refractivity contribution in [2.24, 2.45) is 0 Å². The van der Waals surface area contributed by atoms with Gasteiger partial charge in [0.1, 0.15) is 0 Å². The Kier molecular flexibility index (Phi) is 4.91. The molecule has 0 aliphatic heterocycles. The van der Waals surface area contributed by atoms with E-state index < -0.39 is 5.97 Å². The van der Waals surface area contributed by atoms with Gasteiger partial charge in [0.15, 0.2) is 0 Å². The molecule has 0 radical (unpaired) electrons. The number of hydrogen-bond donors (Lipinski definition) is 1. The van der Waals surface area contributed by atoms with Crippen LogP contribution in [0.15, 0.2) is 18.3 Å². The van der Waals surface area contributed by atoms with Crippen LogP contribution in [0.5, 0.6) is 0 Å². The van der Waals surface area contributed by atoms with Gasteiger partial charge >= 0.3 is 5.97 Å². The highest BCUT2D eigenvalue weighted by molar-refractivity contribution is 5.87. The summed E-state index contributed by atoms with van der Waals surface area (Å²) in [6, 6.07) is 4.09. The Morgan fingerprint density at radius 2 is 2.00 bits per heavy atom. The molecule has 19 heavy (non-hydrogen) atoms. The molecule has 1 heterocycles. The maximum atomic E-state index is 10.8. The van der Waals surface area contributed by atoms with Gasteiger partial charge < -0.3 is 5.11 Å². The van der Waals surface area contributed by atoms with E-state index in [1.807, 2.05) is 6.07 Å². The van der Waals surface area contributed by atoms with E-state index in [1.165, 1.54) is 44.7 Å². The van der Waals surface area contributed by atoms with Crippen LogP contribution < -0.4 is 0 Å². The van der Waals surface area contributed by atoms with Crippen LogP contribution in [0.25, 0.3) is 0 Å². The largest absolute Gasteiger partial charge is 0.478 e. The quantitative estimate of drug-likeness (QED) is 0.848. The van der Waals surface area contributed by atoms with Crippen molar-refractivity contribution in [2.75, 3.05) is 7.05 Å². The first-order valence-corrected chi connectivity index (χ1v) is 7.05. The van der Waals surface area contributed by atoms with Gasteiger partial charge in [-0.05, 0) is 32.0 Å². The molecule has 4 heteroatoms. The van der Waals surface area contributed by atoms with Crippen LogP contribution in [0.4, 0.5) is 0 Å². The number of hydrogen-bond acceptors (Lipinski definition) is 3. The molecule has 1 saturated carbocycles. The maximum absolute atomic E-state index is 10.8. The SMILES string of the molecule is CN(Cc1ccc(C(=O)O)cn1)C1CCCCCC1. The van der Waals surface area contributed by atoms with E-state index in [1.54, 1.807) is 6.07 Å². The summed E-state index contributed by atoms with van der Waals surface area (Å²) < 4.78 is 0. The van der Waals surface area contributed by atoms with Crippen molar-refractivity contribution in [3.05, 3.63) is 29.6 Å². The molecule has 1 aliphatic carbocycles. The first-order chi connectivity index (χ1) is 9.16. The average Bonchev–Trinajstić information content (AvgIpc) is 2.68. The highest BCUT2D eigenvalue weighted by Gasteiger charge is 2.17. The predicted molar refractivity (Wildman–Crippen MR) is 74.2 cm³/mol. The standard InChI is InChI=1S/C15H22N2O2/c1-17(14-6-4-2-3-5-7-14)11-13-9-8-12(10-16-13)15(18)19/h8-10,14H,2-7,11H2,1H3,(H,18,19). The Balaban J connectivity index is 1.93. The van der Waals surface area contributed by atoms with Crippen LogP contribution >= 0.6 is 0 Å². The van der Waals surface area contributed by atoms with E-state index in [9.17, 15) is 4.79 Å².